The lowest BCUT2D eigenvalue weighted by Crippen LogP contribution is -2.33. The summed E-state index contributed by atoms with van der Waals surface area (Å²) in [5, 5.41) is 22.3. The van der Waals surface area contributed by atoms with E-state index in [1.165, 1.54) is 6.21 Å². The van der Waals surface area contributed by atoms with Gasteiger partial charge in [-0.1, -0.05) is 54.6 Å². The molecule has 0 aromatic heterocycles. The van der Waals surface area contributed by atoms with E-state index in [0.29, 0.717) is 11.0 Å². The first-order valence-electron chi connectivity index (χ1n) is 6.47. The fraction of sp³-hybridized carbons (Fsp3) is 0.0667. The second-order valence-corrected chi connectivity index (χ2v) is 4.46. The highest BCUT2D eigenvalue weighted by Gasteiger charge is 2.13. The van der Waals surface area contributed by atoms with Crippen LogP contribution in [0, 0.1) is 0 Å². The predicted octanol–water partition coefficient (Wildman–Crippen LogP) is 0.0592. The van der Waals surface area contributed by atoms with E-state index in [1.54, 1.807) is 24.3 Å². The SMILES string of the molecule is O=C(Cc1ccccc1)N/N=C/c1ccccc1B(O)O. The molecule has 0 unspecified atom stereocenters. The highest BCUT2D eigenvalue weighted by atomic mass is 16.4. The van der Waals surface area contributed by atoms with E-state index in [1.807, 2.05) is 30.3 Å². The van der Waals surface area contributed by atoms with Crippen LogP contribution in [0.1, 0.15) is 11.1 Å². The van der Waals surface area contributed by atoms with Crippen molar-refractivity contribution in [2.45, 2.75) is 6.42 Å². The zero-order valence-corrected chi connectivity index (χ0v) is 11.3. The molecule has 0 spiro atoms. The number of carbonyl (C=O) groups is 1. The molecule has 0 aliphatic heterocycles. The van der Waals surface area contributed by atoms with Crippen molar-refractivity contribution in [2.75, 3.05) is 0 Å². The molecular formula is C15H15BN2O3. The summed E-state index contributed by atoms with van der Waals surface area (Å²) in [6.07, 6.45) is 1.63. The fourth-order valence-corrected chi connectivity index (χ4v) is 1.86. The summed E-state index contributed by atoms with van der Waals surface area (Å²) in [4.78, 5) is 11.7. The van der Waals surface area contributed by atoms with Crippen molar-refractivity contribution < 1.29 is 14.8 Å². The predicted molar refractivity (Wildman–Crippen MR) is 82.2 cm³/mol. The van der Waals surface area contributed by atoms with E-state index in [-0.39, 0.29) is 12.3 Å². The van der Waals surface area contributed by atoms with Gasteiger partial charge in [0.15, 0.2) is 0 Å². The van der Waals surface area contributed by atoms with Gasteiger partial charge in [0.25, 0.3) is 0 Å². The summed E-state index contributed by atoms with van der Waals surface area (Å²) in [6.45, 7) is 0. The lowest BCUT2D eigenvalue weighted by atomic mass is 9.77. The van der Waals surface area contributed by atoms with E-state index in [0.717, 1.165) is 5.56 Å². The molecule has 21 heavy (non-hydrogen) atoms. The van der Waals surface area contributed by atoms with Crippen LogP contribution < -0.4 is 10.9 Å². The molecule has 3 N–H and O–H groups in total. The van der Waals surface area contributed by atoms with Crippen LogP contribution >= 0.6 is 0 Å². The lowest BCUT2D eigenvalue weighted by molar-refractivity contribution is -0.120. The number of benzene rings is 2. The molecule has 0 saturated heterocycles. The standard InChI is InChI=1S/C15H15BN2O3/c19-15(10-12-6-2-1-3-7-12)18-17-11-13-8-4-5-9-14(13)16(20)21/h1-9,11,20-21H,10H2,(H,18,19)/b17-11+. The first-order chi connectivity index (χ1) is 10.2. The van der Waals surface area contributed by atoms with Gasteiger partial charge in [0.05, 0.1) is 12.6 Å². The molecule has 0 aliphatic rings. The van der Waals surface area contributed by atoms with Gasteiger partial charge in [0.1, 0.15) is 0 Å². The monoisotopic (exact) mass is 282 g/mol. The summed E-state index contributed by atoms with van der Waals surface area (Å²) in [7, 11) is -1.58. The van der Waals surface area contributed by atoms with Crippen molar-refractivity contribution in [3.05, 3.63) is 65.7 Å². The van der Waals surface area contributed by atoms with Crippen molar-refractivity contribution >= 4 is 24.7 Å². The number of carbonyl (C=O) groups excluding carboxylic acids is 1. The van der Waals surface area contributed by atoms with Crippen LogP contribution in [0.15, 0.2) is 59.7 Å². The third-order valence-corrected chi connectivity index (χ3v) is 2.87. The zero-order chi connectivity index (χ0) is 15.1. The fourth-order valence-electron chi connectivity index (χ4n) is 1.86. The smallest absolute Gasteiger partial charge is 0.423 e. The van der Waals surface area contributed by atoms with Crippen LogP contribution in [0.3, 0.4) is 0 Å². The summed E-state index contributed by atoms with van der Waals surface area (Å²) in [6, 6.07) is 16.0. The topological polar surface area (TPSA) is 81.9 Å². The van der Waals surface area contributed by atoms with E-state index in [9.17, 15) is 14.8 Å². The third-order valence-electron chi connectivity index (χ3n) is 2.87. The van der Waals surface area contributed by atoms with Crippen molar-refractivity contribution in [1.82, 2.24) is 5.43 Å². The second kappa shape index (κ2) is 7.37. The first kappa shape index (κ1) is 15.0. The van der Waals surface area contributed by atoms with Gasteiger partial charge in [0.2, 0.25) is 5.91 Å². The van der Waals surface area contributed by atoms with Crippen molar-refractivity contribution in [2.24, 2.45) is 5.10 Å². The van der Waals surface area contributed by atoms with Gasteiger partial charge in [-0.25, -0.2) is 5.43 Å². The Hall–Kier alpha value is -2.44. The molecule has 0 fully saturated rings. The van der Waals surface area contributed by atoms with Crippen LogP contribution in [-0.2, 0) is 11.2 Å². The Labute approximate surface area is 123 Å². The van der Waals surface area contributed by atoms with Gasteiger partial charge >= 0.3 is 7.12 Å². The normalized spacial score (nSPS) is 10.6. The van der Waals surface area contributed by atoms with E-state index >= 15 is 0 Å². The molecule has 2 rings (SSSR count). The minimum absolute atomic E-state index is 0.237. The number of hydrogen-bond donors (Lipinski definition) is 3. The van der Waals surface area contributed by atoms with Gasteiger partial charge in [-0.15, -0.1) is 0 Å². The Balaban J connectivity index is 1.95. The molecule has 5 nitrogen and oxygen atoms in total. The maximum Gasteiger partial charge on any atom is 0.489 e. The maximum atomic E-state index is 11.7. The second-order valence-electron chi connectivity index (χ2n) is 4.46. The lowest BCUT2D eigenvalue weighted by Gasteiger charge is -2.04. The van der Waals surface area contributed by atoms with Crippen LogP contribution in [0.4, 0.5) is 0 Å². The number of nitrogens with one attached hydrogen (secondary N) is 1. The highest BCUT2D eigenvalue weighted by Crippen LogP contribution is 1.99. The molecule has 0 atom stereocenters. The summed E-state index contributed by atoms with van der Waals surface area (Å²) in [5.41, 5.74) is 4.18. The number of hydrogen-bond acceptors (Lipinski definition) is 4. The molecule has 0 bridgehead atoms. The van der Waals surface area contributed by atoms with E-state index < -0.39 is 7.12 Å². The zero-order valence-electron chi connectivity index (χ0n) is 11.3. The molecule has 0 radical (unpaired) electrons. The maximum absolute atomic E-state index is 11.7. The Bertz CT molecular complexity index is 630. The summed E-state index contributed by atoms with van der Waals surface area (Å²) in [5.74, 6) is -0.237. The average molecular weight is 282 g/mol. The highest BCUT2D eigenvalue weighted by molar-refractivity contribution is 6.60. The quantitative estimate of drug-likeness (QED) is 0.412. The molecule has 0 aliphatic carbocycles. The van der Waals surface area contributed by atoms with Crippen LogP contribution in [0.5, 0.6) is 0 Å². The van der Waals surface area contributed by atoms with Gasteiger partial charge in [-0.2, -0.15) is 5.10 Å². The number of hydrazone groups is 1. The number of rotatable bonds is 5. The number of amides is 1. The van der Waals surface area contributed by atoms with Crippen molar-refractivity contribution in [3.63, 3.8) is 0 Å². The van der Waals surface area contributed by atoms with Crippen molar-refractivity contribution in [3.8, 4) is 0 Å². The van der Waals surface area contributed by atoms with Gasteiger partial charge in [0, 0.05) is 0 Å². The number of nitrogens with zero attached hydrogens (tertiary/aromatic N) is 1. The van der Waals surface area contributed by atoms with Crippen LogP contribution in [0.2, 0.25) is 0 Å². The van der Waals surface area contributed by atoms with Crippen molar-refractivity contribution in [1.29, 1.82) is 0 Å². The van der Waals surface area contributed by atoms with Gasteiger partial charge in [-0.3, -0.25) is 4.79 Å². The molecule has 106 valence electrons. The van der Waals surface area contributed by atoms with Crippen LogP contribution in [-0.4, -0.2) is 29.3 Å². The Morgan fingerprint density at radius 1 is 1.10 bits per heavy atom. The molecule has 2 aromatic rings. The molecule has 1 amide bonds. The summed E-state index contributed by atoms with van der Waals surface area (Å²) >= 11 is 0. The largest absolute Gasteiger partial charge is 0.489 e. The minimum atomic E-state index is -1.58. The Kier molecular flexibility index (Phi) is 5.25. The average Bonchev–Trinajstić information content (AvgIpc) is 2.48. The molecule has 0 saturated carbocycles. The van der Waals surface area contributed by atoms with E-state index in [2.05, 4.69) is 10.5 Å². The minimum Gasteiger partial charge on any atom is -0.423 e. The van der Waals surface area contributed by atoms with Gasteiger partial charge < -0.3 is 10.0 Å². The Morgan fingerprint density at radius 2 is 1.76 bits per heavy atom. The first-order valence-corrected chi connectivity index (χ1v) is 6.47. The molecular weight excluding hydrogens is 267 g/mol. The van der Waals surface area contributed by atoms with E-state index in [4.69, 9.17) is 0 Å². The third kappa shape index (κ3) is 4.56. The molecule has 0 heterocycles. The van der Waals surface area contributed by atoms with Gasteiger partial charge in [-0.05, 0) is 16.6 Å². The molecule has 6 heteroatoms. The Morgan fingerprint density at radius 3 is 2.48 bits per heavy atom. The van der Waals surface area contributed by atoms with Crippen LogP contribution in [0.25, 0.3) is 0 Å². The summed E-state index contributed by atoms with van der Waals surface area (Å²) < 4.78 is 0. The molecule has 2 aromatic carbocycles.